The summed E-state index contributed by atoms with van der Waals surface area (Å²) in [4.78, 5) is 0. The van der Waals surface area contributed by atoms with Gasteiger partial charge in [-0.2, -0.15) is 0 Å². The average Bonchev–Trinajstić information content (AvgIpc) is 2.36. The van der Waals surface area contributed by atoms with E-state index < -0.39 is 0 Å². The molecule has 1 nitrogen and oxygen atoms in total. The zero-order chi connectivity index (χ0) is 13.1. The second kappa shape index (κ2) is 6.03. The van der Waals surface area contributed by atoms with Crippen LogP contribution < -0.4 is 5.73 Å². The van der Waals surface area contributed by atoms with E-state index in [-0.39, 0.29) is 11.9 Å². The lowest BCUT2D eigenvalue weighted by atomic mass is 9.75. The Labute approximate surface area is 114 Å². The zero-order valence-corrected chi connectivity index (χ0v) is 11.6. The van der Waals surface area contributed by atoms with E-state index in [1.54, 1.807) is 12.1 Å². The molecule has 2 N–H and O–H groups in total. The lowest BCUT2D eigenvalue weighted by molar-refractivity contribution is 0.226. The van der Waals surface area contributed by atoms with Crippen LogP contribution in [-0.4, -0.2) is 6.04 Å². The van der Waals surface area contributed by atoms with Gasteiger partial charge in [0.15, 0.2) is 0 Å². The first-order valence-electron chi connectivity index (χ1n) is 6.79. The molecule has 0 spiro atoms. The maximum atomic E-state index is 13.7. The summed E-state index contributed by atoms with van der Waals surface area (Å²) in [6.07, 6.45) is 5.30. The van der Waals surface area contributed by atoms with Crippen molar-refractivity contribution in [3.63, 3.8) is 0 Å². The highest BCUT2D eigenvalue weighted by molar-refractivity contribution is 6.30. The third-order valence-corrected chi connectivity index (χ3v) is 4.45. The Balaban J connectivity index is 2.09. The van der Waals surface area contributed by atoms with Crippen LogP contribution in [0.5, 0.6) is 0 Å². The summed E-state index contributed by atoms with van der Waals surface area (Å²) >= 11 is 5.93. The van der Waals surface area contributed by atoms with Crippen molar-refractivity contribution in [3.05, 3.63) is 34.6 Å². The van der Waals surface area contributed by atoms with Gasteiger partial charge in [0.25, 0.3) is 0 Å². The Hall–Kier alpha value is -0.600. The maximum absolute atomic E-state index is 13.7. The average molecular weight is 270 g/mol. The number of hydrogen-bond donors (Lipinski definition) is 1. The van der Waals surface area contributed by atoms with Crippen LogP contribution >= 0.6 is 11.6 Å². The van der Waals surface area contributed by atoms with Gasteiger partial charge in [0, 0.05) is 11.1 Å². The first kappa shape index (κ1) is 13.8. The van der Waals surface area contributed by atoms with Crippen molar-refractivity contribution in [2.24, 2.45) is 17.6 Å². The van der Waals surface area contributed by atoms with Gasteiger partial charge in [-0.05, 0) is 61.3 Å². The second-order valence-electron chi connectivity index (χ2n) is 5.45. The molecule has 1 aromatic carbocycles. The lowest BCUT2D eigenvalue weighted by Gasteiger charge is -2.34. The molecule has 0 aliphatic heterocycles. The Bertz CT molecular complexity index is 407. The summed E-state index contributed by atoms with van der Waals surface area (Å²) < 4.78 is 13.7. The molecule has 3 unspecified atom stereocenters. The van der Waals surface area contributed by atoms with E-state index in [2.05, 4.69) is 6.92 Å². The smallest absolute Gasteiger partial charge is 0.126 e. The number of halogens is 2. The van der Waals surface area contributed by atoms with Crippen molar-refractivity contribution in [1.29, 1.82) is 0 Å². The summed E-state index contributed by atoms with van der Waals surface area (Å²) in [6.45, 7) is 2.22. The topological polar surface area (TPSA) is 26.0 Å². The molecule has 100 valence electrons. The largest absolute Gasteiger partial charge is 0.327 e. The fourth-order valence-electron chi connectivity index (χ4n) is 2.97. The van der Waals surface area contributed by atoms with Crippen LogP contribution in [0.1, 0.15) is 38.2 Å². The van der Waals surface area contributed by atoms with Gasteiger partial charge in [0.05, 0.1) is 0 Å². The Morgan fingerprint density at radius 3 is 2.89 bits per heavy atom. The Kier molecular flexibility index (Phi) is 4.63. The van der Waals surface area contributed by atoms with Gasteiger partial charge in [-0.1, -0.05) is 24.9 Å². The van der Waals surface area contributed by atoms with E-state index in [9.17, 15) is 4.39 Å². The van der Waals surface area contributed by atoms with E-state index in [4.69, 9.17) is 17.3 Å². The summed E-state index contributed by atoms with van der Waals surface area (Å²) in [7, 11) is 0. The van der Waals surface area contributed by atoms with Crippen LogP contribution in [0.3, 0.4) is 0 Å². The van der Waals surface area contributed by atoms with Gasteiger partial charge in [-0.15, -0.1) is 0 Å². The molecule has 0 heterocycles. The fraction of sp³-hybridized carbons (Fsp3) is 0.600. The first-order valence-corrected chi connectivity index (χ1v) is 7.17. The van der Waals surface area contributed by atoms with Crippen LogP contribution in [0.4, 0.5) is 4.39 Å². The second-order valence-corrected chi connectivity index (χ2v) is 5.89. The molecule has 0 saturated heterocycles. The molecule has 0 bridgehead atoms. The Morgan fingerprint density at radius 2 is 2.17 bits per heavy atom. The summed E-state index contributed by atoms with van der Waals surface area (Å²) in [5, 5.41) is 0.600. The number of benzene rings is 1. The molecule has 0 aromatic heterocycles. The zero-order valence-electron chi connectivity index (χ0n) is 10.8. The molecule has 1 aromatic rings. The quantitative estimate of drug-likeness (QED) is 0.875. The van der Waals surface area contributed by atoms with Gasteiger partial charge in [0.1, 0.15) is 5.82 Å². The van der Waals surface area contributed by atoms with Crippen molar-refractivity contribution in [1.82, 2.24) is 0 Å². The minimum atomic E-state index is -0.162. The molecule has 0 radical (unpaired) electrons. The number of nitrogens with two attached hydrogens (primary N) is 1. The molecule has 18 heavy (non-hydrogen) atoms. The minimum absolute atomic E-state index is 0.162. The number of rotatable bonds is 3. The molecule has 2 rings (SSSR count). The summed E-state index contributed by atoms with van der Waals surface area (Å²) in [5.41, 5.74) is 6.88. The Morgan fingerprint density at radius 1 is 1.39 bits per heavy atom. The van der Waals surface area contributed by atoms with Crippen LogP contribution in [-0.2, 0) is 6.42 Å². The van der Waals surface area contributed by atoms with Crippen molar-refractivity contribution in [3.8, 4) is 0 Å². The predicted octanol–water partition coefficient (Wildman–Crippen LogP) is 4.18. The SMILES string of the molecule is CCC1CCC(N)C(Cc2cc(Cl)ccc2F)C1. The molecular formula is C15H21ClFN. The van der Waals surface area contributed by atoms with Crippen molar-refractivity contribution >= 4 is 11.6 Å². The monoisotopic (exact) mass is 269 g/mol. The molecule has 1 saturated carbocycles. The molecule has 1 aliphatic carbocycles. The molecular weight excluding hydrogens is 249 g/mol. The third kappa shape index (κ3) is 3.24. The van der Waals surface area contributed by atoms with E-state index in [1.807, 2.05) is 0 Å². The van der Waals surface area contributed by atoms with Crippen LogP contribution in [0, 0.1) is 17.7 Å². The molecule has 3 heteroatoms. The van der Waals surface area contributed by atoms with Crippen LogP contribution in [0.2, 0.25) is 5.02 Å². The number of hydrogen-bond acceptors (Lipinski definition) is 1. The van der Waals surface area contributed by atoms with E-state index in [0.29, 0.717) is 22.9 Å². The minimum Gasteiger partial charge on any atom is -0.327 e. The molecule has 0 amide bonds. The highest BCUT2D eigenvalue weighted by Gasteiger charge is 2.28. The van der Waals surface area contributed by atoms with Gasteiger partial charge in [0.2, 0.25) is 0 Å². The lowest BCUT2D eigenvalue weighted by Crippen LogP contribution is -2.37. The fourth-order valence-corrected chi connectivity index (χ4v) is 3.17. The van der Waals surface area contributed by atoms with Crippen molar-refractivity contribution in [2.75, 3.05) is 0 Å². The highest BCUT2D eigenvalue weighted by Crippen LogP contribution is 2.33. The molecule has 1 aliphatic rings. The van der Waals surface area contributed by atoms with Gasteiger partial charge in [-0.3, -0.25) is 0 Å². The van der Waals surface area contributed by atoms with E-state index in [1.165, 1.54) is 18.9 Å². The summed E-state index contributed by atoms with van der Waals surface area (Å²) in [6, 6.07) is 4.98. The first-order chi connectivity index (χ1) is 8.60. The van der Waals surface area contributed by atoms with Crippen LogP contribution in [0.15, 0.2) is 18.2 Å². The van der Waals surface area contributed by atoms with Crippen LogP contribution in [0.25, 0.3) is 0 Å². The van der Waals surface area contributed by atoms with Gasteiger partial charge >= 0.3 is 0 Å². The summed E-state index contributed by atoms with van der Waals surface area (Å²) in [5.74, 6) is 0.971. The van der Waals surface area contributed by atoms with Crippen molar-refractivity contribution < 1.29 is 4.39 Å². The van der Waals surface area contributed by atoms with Gasteiger partial charge in [-0.25, -0.2) is 4.39 Å². The normalized spacial score (nSPS) is 28.3. The molecule has 3 atom stereocenters. The highest BCUT2D eigenvalue weighted by atomic mass is 35.5. The van der Waals surface area contributed by atoms with E-state index in [0.717, 1.165) is 18.8 Å². The van der Waals surface area contributed by atoms with Gasteiger partial charge < -0.3 is 5.73 Å². The van der Waals surface area contributed by atoms with E-state index >= 15 is 0 Å². The van der Waals surface area contributed by atoms with Crippen molar-refractivity contribution in [2.45, 2.75) is 45.1 Å². The maximum Gasteiger partial charge on any atom is 0.126 e. The standard InChI is InChI=1S/C15H21ClFN/c1-2-10-3-6-15(18)12(7-10)8-11-9-13(16)4-5-14(11)17/h4-5,9-10,12,15H,2-3,6-8,18H2,1H3. The molecule has 1 fully saturated rings. The third-order valence-electron chi connectivity index (χ3n) is 4.22. The predicted molar refractivity (Wildman–Crippen MR) is 74.2 cm³/mol.